The predicted octanol–water partition coefficient (Wildman–Crippen LogP) is 5.88. The molecule has 6 heteroatoms. The van der Waals surface area contributed by atoms with E-state index in [1.165, 1.54) is 16.3 Å². The minimum absolute atomic E-state index is 0.0236. The lowest BCUT2D eigenvalue weighted by atomic mass is 9.90. The van der Waals surface area contributed by atoms with Crippen LogP contribution in [0.1, 0.15) is 29.6 Å². The third kappa shape index (κ3) is 2.85. The molecule has 2 heterocycles. The second-order valence-electron chi connectivity index (χ2n) is 6.71. The van der Waals surface area contributed by atoms with Crippen LogP contribution in [0.5, 0.6) is 0 Å². The van der Waals surface area contributed by atoms with Gasteiger partial charge in [-0.1, -0.05) is 71.7 Å². The Balaban J connectivity index is 1.64. The molecule has 1 aliphatic heterocycles. The molecule has 2 atom stereocenters. The highest BCUT2D eigenvalue weighted by molar-refractivity contribution is 6.35. The molecule has 0 fully saturated rings. The average Bonchev–Trinajstić information content (AvgIpc) is 3.15. The van der Waals surface area contributed by atoms with E-state index in [1.807, 2.05) is 16.8 Å². The number of anilines is 1. The number of fused-ring (bicyclic) bond motifs is 2. The fraction of sp³-hybridized carbons (Fsp3) is 0.143. The predicted molar refractivity (Wildman–Crippen MR) is 110 cm³/mol. The van der Waals surface area contributed by atoms with E-state index in [0.29, 0.717) is 10.0 Å². The maximum Gasteiger partial charge on any atom is 0.222 e. The molecule has 134 valence electrons. The third-order valence-electron chi connectivity index (χ3n) is 5.15. The van der Waals surface area contributed by atoms with Crippen LogP contribution in [0.15, 0.2) is 67.0 Å². The van der Waals surface area contributed by atoms with Gasteiger partial charge in [0.2, 0.25) is 5.95 Å². The topological polar surface area (TPSA) is 42.7 Å². The zero-order chi connectivity index (χ0) is 18.4. The van der Waals surface area contributed by atoms with Crippen molar-refractivity contribution in [2.45, 2.75) is 18.5 Å². The number of halogens is 2. The van der Waals surface area contributed by atoms with Crippen LogP contribution in [0.25, 0.3) is 10.8 Å². The molecule has 4 aromatic rings. The van der Waals surface area contributed by atoms with Gasteiger partial charge in [0.15, 0.2) is 0 Å². The maximum absolute atomic E-state index is 6.49. The van der Waals surface area contributed by atoms with Gasteiger partial charge in [0.05, 0.1) is 12.1 Å². The van der Waals surface area contributed by atoms with E-state index >= 15 is 0 Å². The van der Waals surface area contributed by atoms with Crippen LogP contribution in [0.4, 0.5) is 5.95 Å². The molecule has 0 radical (unpaired) electrons. The SMILES string of the molecule is Clc1ccc([C@H]2C[C@@H](c3cccc4ccccc34)n3ncnc3N2)c(Cl)c1. The van der Waals surface area contributed by atoms with Crippen molar-refractivity contribution in [1.29, 1.82) is 0 Å². The van der Waals surface area contributed by atoms with Gasteiger partial charge in [-0.3, -0.25) is 0 Å². The van der Waals surface area contributed by atoms with Gasteiger partial charge in [-0.25, -0.2) is 4.68 Å². The van der Waals surface area contributed by atoms with Gasteiger partial charge in [-0.05, 0) is 40.5 Å². The molecule has 3 aromatic carbocycles. The highest BCUT2D eigenvalue weighted by Crippen LogP contribution is 2.41. The van der Waals surface area contributed by atoms with Crippen LogP contribution in [-0.2, 0) is 0 Å². The smallest absolute Gasteiger partial charge is 0.222 e. The average molecular weight is 395 g/mol. The standard InChI is InChI=1S/C21H16Cl2N4/c22-14-8-9-17(18(23)10-14)19-11-20(27-21(26-19)24-12-25-27)16-7-3-5-13-4-1-2-6-15(13)16/h1-10,12,19-20H,11H2,(H,24,25,26)/t19-,20+/m1/s1. The highest BCUT2D eigenvalue weighted by Gasteiger charge is 2.31. The first-order chi connectivity index (χ1) is 13.2. The summed E-state index contributed by atoms with van der Waals surface area (Å²) in [5.41, 5.74) is 2.25. The molecule has 1 N–H and O–H groups in total. The molecule has 0 saturated carbocycles. The largest absolute Gasteiger partial charge is 0.347 e. The van der Waals surface area contributed by atoms with Crippen LogP contribution < -0.4 is 5.32 Å². The van der Waals surface area contributed by atoms with E-state index in [9.17, 15) is 0 Å². The first-order valence-corrected chi connectivity index (χ1v) is 9.55. The van der Waals surface area contributed by atoms with Gasteiger partial charge >= 0.3 is 0 Å². The van der Waals surface area contributed by atoms with Crippen molar-refractivity contribution < 1.29 is 0 Å². The lowest BCUT2D eigenvalue weighted by Gasteiger charge is -2.32. The molecule has 0 bridgehead atoms. The van der Waals surface area contributed by atoms with Crippen molar-refractivity contribution in [3.8, 4) is 0 Å². The number of rotatable bonds is 2. The Morgan fingerprint density at radius 2 is 1.81 bits per heavy atom. The zero-order valence-electron chi connectivity index (χ0n) is 14.3. The van der Waals surface area contributed by atoms with E-state index in [4.69, 9.17) is 23.2 Å². The number of nitrogens with one attached hydrogen (secondary N) is 1. The molecule has 5 rings (SSSR count). The summed E-state index contributed by atoms with van der Waals surface area (Å²) < 4.78 is 1.96. The fourth-order valence-corrected chi connectivity index (χ4v) is 4.45. The summed E-state index contributed by atoms with van der Waals surface area (Å²) in [6, 6.07) is 20.6. The van der Waals surface area contributed by atoms with Crippen molar-refractivity contribution in [3.63, 3.8) is 0 Å². The van der Waals surface area contributed by atoms with Crippen LogP contribution in [0.3, 0.4) is 0 Å². The molecular weight excluding hydrogens is 379 g/mol. The second kappa shape index (κ2) is 6.55. The Bertz CT molecular complexity index is 1130. The second-order valence-corrected chi connectivity index (χ2v) is 7.55. The quantitative estimate of drug-likeness (QED) is 0.461. The molecule has 1 aromatic heterocycles. The monoisotopic (exact) mass is 394 g/mol. The van der Waals surface area contributed by atoms with E-state index in [-0.39, 0.29) is 12.1 Å². The molecule has 0 unspecified atom stereocenters. The lowest BCUT2D eigenvalue weighted by Crippen LogP contribution is -2.28. The molecular formula is C21H16Cl2N4. The van der Waals surface area contributed by atoms with Crippen LogP contribution in [0.2, 0.25) is 10.0 Å². The Kier molecular flexibility index (Phi) is 4.03. The first kappa shape index (κ1) is 16.6. The zero-order valence-corrected chi connectivity index (χ0v) is 15.8. The molecule has 0 spiro atoms. The van der Waals surface area contributed by atoms with E-state index in [0.717, 1.165) is 17.9 Å². The summed E-state index contributed by atoms with van der Waals surface area (Å²) in [5.74, 6) is 0.746. The Morgan fingerprint density at radius 3 is 2.70 bits per heavy atom. The summed E-state index contributed by atoms with van der Waals surface area (Å²) in [6.45, 7) is 0. The number of aromatic nitrogens is 3. The Labute approximate surface area is 166 Å². The van der Waals surface area contributed by atoms with Gasteiger partial charge in [-0.15, -0.1) is 0 Å². The summed E-state index contributed by atoms with van der Waals surface area (Å²) >= 11 is 12.6. The number of nitrogens with zero attached hydrogens (tertiary/aromatic N) is 3. The van der Waals surface area contributed by atoms with Gasteiger partial charge in [0, 0.05) is 10.0 Å². The third-order valence-corrected chi connectivity index (χ3v) is 5.71. The van der Waals surface area contributed by atoms with Crippen molar-refractivity contribution in [2.75, 3.05) is 5.32 Å². The van der Waals surface area contributed by atoms with Crippen molar-refractivity contribution in [3.05, 3.63) is 88.2 Å². The minimum atomic E-state index is 0.0236. The summed E-state index contributed by atoms with van der Waals surface area (Å²) in [7, 11) is 0. The van der Waals surface area contributed by atoms with Gasteiger partial charge in [0.25, 0.3) is 0 Å². The highest BCUT2D eigenvalue weighted by atomic mass is 35.5. The first-order valence-electron chi connectivity index (χ1n) is 8.79. The van der Waals surface area contributed by atoms with Crippen LogP contribution in [0, 0.1) is 0 Å². The van der Waals surface area contributed by atoms with Crippen molar-refractivity contribution >= 4 is 39.9 Å². The normalized spacial score (nSPS) is 18.9. The van der Waals surface area contributed by atoms with E-state index in [2.05, 4.69) is 57.9 Å². The summed E-state index contributed by atoms with van der Waals surface area (Å²) in [4.78, 5) is 4.41. The minimum Gasteiger partial charge on any atom is -0.347 e. The number of hydrogen-bond donors (Lipinski definition) is 1. The van der Waals surface area contributed by atoms with E-state index < -0.39 is 0 Å². The Morgan fingerprint density at radius 1 is 0.963 bits per heavy atom. The summed E-state index contributed by atoms with van der Waals surface area (Å²) in [6.07, 6.45) is 2.40. The molecule has 0 amide bonds. The number of hydrogen-bond acceptors (Lipinski definition) is 3. The molecule has 4 nitrogen and oxygen atoms in total. The lowest BCUT2D eigenvalue weighted by molar-refractivity contribution is 0.433. The molecule has 27 heavy (non-hydrogen) atoms. The maximum atomic E-state index is 6.49. The van der Waals surface area contributed by atoms with E-state index in [1.54, 1.807) is 12.4 Å². The molecule has 0 saturated heterocycles. The van der Waals surface area contributed by atoms with Gasteiger partial charge < -0.3 is 5.32 Å². The molecule has 1 aliphatic rings. The Hall–Kier alpha value is -2.56. The van der Waals surface area contributed by atoms with Crippen LogP contribution in [-0.4, -0.2) is 14.8 Å². The van der Waals surface area contributed by atoms with Gasteiger partial charge in [0.1, 0.15) is 6.33 Å². The van der Waals surface area contributed by atoms with Crippen LogP contribution >= 0.6 is 23.2 Å². The van der Waals surface area contributed by atoms with Gasteiger partial charge in [-0.2, -0.15) is 10.1 Å². The number of benzene rings is 3. The fourth-order valence-electron chi connectivity index (χ4n) is 3.91. The van der Waals surface area contributed by atoms with Crippen molar-refractivity contribution in [2.24, 2.45) is 0 Å². The molecule has 0 aliphatic carbocycles. The summed E-state index contributed by atoms with van der Waals surface area (Å²) in [5, 5.41) is 11.7. The van der Waals surface area contributed by atoms with Crippen molar-refractivity contribution in [1.82, 2.24) is 14.8 Å².